The third-order valence-electron chi connectivity index (χ3n) is 4.52. The van der Waals surface area contributed by atoms with Crippen LogP contribution in [-0.4, -0.2) is 33.7 Å². The summed E-state index contributed by atoms with van der Waals surface area (Å²) < 4.78 is 1.64. The van der Waals surface area contributed by atoms with Crippen LogP contribution in [0.1, 0.15) is 42.2 Å². The lowest BCUT2D eigenvalue weighted by atomic mass is 10.0. The number of amides is 1. The van der Waals surface area contributed by atoms with Gasteiger partial charge in [0.05, 0.1) is 16.9 Å². The second-order valence-corrected chi connectivity index (χ2v) is 6.68. The number of hydrogen-bond donors (Lipinski definition) is 0. The number of rotatable bonds is 2. The van der Waals surface area contributed by atoms with Gasteiger partial charge in [-0.1, -0.05) is 36.7 Å². The molecule has 3 rings (SSSR count). The molecular weight excluding hydrogens is 310 g/mol. The quantitative estimate of drug-likeness (QED) is 0.831. The number of likely N-dealkylation sites (tertiary alicyclic amines) is 1. The molecule has 1 aliphatic heterocycles. The van der Waals surface area contributed by atoms with Crippen molar-refractivity contribution in [2.24, 2.45) is 5.92 Å². The zero-order valence-corrected chi connectivity index (χ0v) is 14.4. The Bertz CT molecular complexity index is 696. The fourth-order valence-electron chi connectivity index (χ4n) is 3.11. The van der Waals surface area contributed by atoms with Gasteiger partial charge in [0, 0.05) is 13.1 Å². The number of carbonyl (C=O) groups excluding carboxylic acids is 1. The number of benzene rings is 1. The highest BCUT2D eigenvalue weighted by Crippen LogP contribution is 2.26. The van der Waals surface area contributed by atoms with Crippen LogP contribution in [0.15, 0.2) is 30.3 Å². The molecule has 1 aromatic carbocycles. The molecule has 1 aliphatic rings. The summed E-state index contributed by atoms with van der Waals surface area (Å²) >= 11 is 6.50. The minimum absolute atomic E-state index is 0.00350. The molecule has 0 N–H and O–H groups in total. The highest BCUT2D eigenvalue weighted by Gasteiger charge is 2.26. The average molecular weight is 332 g/mol. The van der Waals surface area contributed by atoms with Crippen molar-refractivity contribution in [3.63, 3.8) is 0 Å². The van der Waals surface area contributed by atoms with Crippen molar-refractivity contribution in [1.82, 2.24) is 14.7 Å². The van der Waals surface area contributed by atoms with E-state index in [1.807, 2.05) is 42.2 Å². The molecule has 4 nitrogen and oxygen atoms in total. The largest absolute Gasteiger partial charge is 0.338 e. The molecule has 1 aromatic heterocycles. The first-order chi connectivity index (χ1) is 11.1. The zero-order chi connectivity index (χ0) is 16.4. The van der Waals surface area contributed by atoms with E-state index in [0.29, 0.717) is 22.3 Å². The van der Waals surface area contributed by atoms with Gasteiger partial charge in [-0.25, -0.2) is 4.68 Å². The molecule has 23 heavy (non-hydrogen) atoms. The Kier molecular flexibility index (Phi) is 4.71. The molecule has 0 spiro atoms. The summed E-state index contributed by atoms with van der Waals surface area (Å²) in [6.45, 7) is 5.69. The molecule has 1 fully saturated rings. The van der Waals surface area contributed by atoms with Gasteiger partial charge in [-0.15, -0.1) is 0 Å². The van der Waals surface area contributed by atoms with Gasteiger partial charge in [-0.2, -0.15) is 5.10 Å². The van der Waals surface area contributed by atoms with Gasteiger partial charge in [0.25, 0.3) is 5.91 Å². The van der Waals surface area contributed by atoms with Gasteiger partial charge in [-0.05, 0) is 44.2 Å². The minimum Gasteiger partial charge on any atom is -0.338 e. The van der Waals surface area contributed by atoms with Crippen molar-refractivity contribution in [2.75, 3.05) is 13.1 Å². The first-order valence-corrected chi connectivity index (χ1v) is 8.55. The molecule has 2 aromatic rings. The van der Waals surface area contributed by atoms with Gasteiger partial charge in [0.1, 0.15) is 5.15 Å². The summed E-state index contributed by atoms with van der Waals surface area (Å²) in [5.41, 5.74) is 2.08. The topological polar surface area (TPSA) is 38.1 Å². The number of aryl methyl sites for hydroxylation is 1. The Morgan fingerprint density at radius 2 is 1.96 bits per heavy atom. The Morgan fingerprint density at radius 1 is 1.22 bits per heavy atom. The number of para-hydroxylation sites is 1. The van der Waals surface area contributed by atoms with Crippen molar-refractivity contribution >= 4 is 17.5 Å². The zero-order valence-electron chi connectivity index (χ0n) is 13.6. The molecule has 0 bridgehead atoms. The monoisotopic (exact) mass is 331 g/mol. The molecule has 5 heteroatoms. The van der Waals surface area contributed by atoms with Gasteiger partial charge in [0.2, 0.25) is 0 Å². The lowest BCUT2D eigenvalue weighted by molar-refractivity contribution is 0.0760. The van der Waals surface area contributed by atoms with E-state index in [9.17, 15) is 4.79 Å². The number of aromatic nitrogens is 2. The van der Waals surface area contributed by atoms with Crippen LogP contribution >= 0.6 is 11.6 Å². The van der Waals surface area contributed by atoms with Crippen LogP contribution in [0, 0.1) is 12.8 Å². The lowest BCUT2D eigenvalue weighted by Gasteiger charge is -2.20. The summed E-state index contributed by atoms with van der Waals surface area (Å²) in [5.74, 6) is 0.681. The van der Waals surface area contributed by atoms with Crippen LogP contribution in [0.5, 0.6) is 0 Å². The molecule has 0 saturated carbocycles. The van der Waals surface area contributed by atoms with E-state index in [2.05, 4.69) is 12.0 Å². The summed E-state index contributed by atoms with van der Waals surface area (Å²) in [7, 11) is 0. The van der Waals surface area contributed by atoms with Crippen LogP contribution in [0.2, 0.25) is 5.15 Å². The summed E-state index contributed by atoms with van der Waals surface area (Å²) in [6.07, 6.45) is 3.28. The van der Waals surface area contributed by atoms with Crippen molar-refractivity contribution in [3.8, 4) is 5.69 Å². The summed E-state index contributed by atoms with van der Waals surface area (Å²) in [6, 6.07) is 9.67. The Labute approximate surface area is 142 Å². The maximum Gasteiger partial charge on any atom is 0.258 e. The van der Waals surface area contributed by atoms with Crippen molar-refractivity contribution < 1.29 is 4.79 Å². The standard InChI is InChI=1S/C18H22ClN3O/c1-13-7-6-11-21(12-10-13)18(23)16-14(2)20-22(17(16)19)15-8-4-3-5-9-15/h3-5,8-9,13H,6-7,10-12H2,1-2H3. The van der Waals surface area contributed by atoms with Crippen molar-refractivity contribution in [1.29, 1.82) is 0 Å². The second-order valence-electron chi connectivity index (χ2n) is 6.33. The first-order valence-electron chi connectivity index (χ1n) is 8.17. The van der Waals surface area contributed by atoms with E-state index >= 15 is 0 Å². The van der Waals surface area contributed by atoms with Crippen LogP contribution < -0.4 is 0 Å². The third kappa shape index (κ3) is 3.27. The van der Waals surface area contributed by atoms with Gasteiger partial charge < -0.3 is 4.90 Å². The highest BCUT2D eigenvalue weighted by molar-refractivity contribution is 6.33. The maximum atomic E-state index is 12.9. The Balaban J connectivity index is 1.91. The normalized spacial score (nSPS) is 18.7. The summed E-state index contributed by atoms with van der Waals surface area (Å²) in [5, 5.41) is 4.87. The molecule has 1 amide bonds. The smallest absolute Gasteiger partial charge is 0.258 e. The number of hydrogen-bond acceptors (Lipinski definition) is 2. The Morgan fingerprint density at radius 3 is 2.70 bits per heavy atom. The van der Waals surface area contributed by atoms with Crippen molar-refractivity contribution in [2.45, 2.75) is 33.1 Å². The van der Waals surface area contributed by atoms with E-state index in [1.54, 1.807) is 4.68 Å². The van der Waals surface area contributed by atoms with E-state index in [-0.39, 0.29) is 5.91 Å². The molecule has 1 unspecified atom stereocenters. The van der Waals surface area contributed by atoms with E-state index in [4.69, 9.17) is 11.6 Å². The minimum atomic E-state index is 0.00350. The number of halogens is 1. The molecule has 0 aliphatic carbocycles. The molecule has 2 heterocycles. The van der Waals surface area contributed by atoms with Crippen LogP contribution in [0.3, 0.4) is 0 Å². The number of nitrogens with zero attached hydrogens (tertiary/aromatic N) is 3. The fraction of sp³-hybridized carbons (Fsp3) is 0.444. The van der Waals surface area contributed by atoms with E-state index in [0.717, 1.165) is 31.6 Å². The van der Waals surface area contributed by atoms with Gasteiger partial charge >= 0.3 is 0 Å². The fourth-order valence-corrected chi connectivity index (χ4v) is 3.46. The molecule has 1 saturated heterocycles. The van der Waals surface area contributed by atoms with Crippen LogP contribution in [0.25, 0.3) is 5.69 Å². The molecule has 122 valence electrons. The number of carbonyl (C=O) groups is 1. The highest BCUT2D eigenvalue weighted by atomic mass is 35.5. The third-order valence-corrected chi connectivity index (χ3v) is 4.87. The van der Waals surface area contributed by atoms with Crippen molar-refractivity contribution in [3.05, 3.63) is 46.7 Å². The van der Waals surface area contributed by atoms with Gasteiger partial charge in [-0.3, -0.25) is 4.79 Å². The summed E-state index contributed by atoms with van der Waals surface area (Å²) in [4.78, 5) is 14.9. The van der Waals surface area contributed by atoms with Crippen LogP contribution in [-0.2, 0) is 0 Å². The molecule has 0 radical (unpaired) electrons. The molecular formula is C18H22ClN3O. The first kappa shape index (κ1) is 16.1. The predicted octanol–water partition coefficient (Wildman–Crippen LogP) is 4.10. The van der Waals surface area contributed by atoms with Gasteiger partial charge in [0.15, 0.2) is 0 Å². The van der Waals surface area contributed by atoms with E-state index in [1.165, 1.54) is 6.42 Å². The van der Waals surface area contributed by atoms with E-state index < -0.39 is 0 Å². The van der Waals surface area contributed by atoms with Crippen LogP contribution in [0.4, 0.5) is 0 Å². The average Bonchev–Trinajstić information content (AvgIpc) is 2.72. The Hall–Kier alpha value is -1.81. The maximum absolute atomic E-state index is 12.9. The second kappa shape index (κ2) is 6.75. The lowest BCUT2D eigenvalue weighted by Crippen LogP contribution is -2.32. The molecule has 1 atom stereocenters. The SMILES string of the molecule is Cc1nn(-c2ccccc2)c(Cl)c1C(=O)N1CCCC(C)CC1. The predicted molar refractivity (Wildman–Crippen MR) is 92.2 cm³/mol.